The molecular weight excluding hydrogens is 112 g/mol. The van der Waals surface area contributed by atoms with Gasteiger partial charge >= 0.3 is 0 Å². The van der Waals surface area contributed by atoms with E-state index in [0.717, 1.165) is 0 Å². The molecule has 0 aliphatic heterocycles. The largest absolute Gasteiger partial charge is 0.512 e. The summed E-state index contributed by atoms with van der Waals surface area (Å²) in [6, 6.07) is 0. The molecule has 0 amide bonds. The molecule has 4 N–H and O–H groups in total. The van der Waals surface area contributed by atoms with E-state index in [4.69, 9.17) is 20.4 Å². The third-order valence-corrected chi connectivity index (χ3v) is 0.647. The Balaban J connectivity index is 3.63. The number of hydrogen-bond acceptors (Lipinski definition) is 4. The van der Waals surface area contributed by atoms with Crippen molar-refractivity contribution in [2.45, 2.75) is 6.10 Å². The molecular formula is C4H8O4. The van der Waals surface area contributed by atoms with Crippen LogP contribution in [0.4, 0.5) is 0 Å². The molecule has 0 aromatic carbocycles. The van der Waals surface area contributed by atoms with Crippen LogP contribution in [-0.4, -0.2) is 33.1 Å². The zero-order valence-electron chi connectivity index (χ0n) is 4.15. The molecule has 0 saturated heterocycles. The van der Waals surface area contributed by atoms with E-state index >= 15 is 0 Å². The molecule has 4 nitrogen and oxygen atoms in total. The lowest BCUT2D eigenvalue weighted by atomic mass is 10.3. The van der Waals surface area contributed by atoms with E-state index in [2.05, 4.69) is 0 Å². The van der Waals surface area contributed by atoms with Crippen molar-refractivity contribution in [3.8, 4) is 0 Å². The minimum atomic E-state index is -1.36. The highest BCUT2D eigenvalue weighted by atomic mass is 16.4. The predicted octanol–water partition coefficient (Wildman–Crippen LogP) is -0.703. The van der Waals surface area contributed by atoms with E-state index in [1.165, 1.54) is 0 Å². The molecule has 0 aliphatic carbocycles. The summed E-state index contributed by atoms with van der Waals surface area (Å²) < 4.78 is 0. The van der Waals surface area contributed by atoms with Gasteiger partial charge in [-0.05, 0) is 0 Å². The zero-order chi connectivity index (χ0) is 6.57. The van der Waals surface area contributed by atoms with Gasteiger partial charge in [-0.1, -0.05) is 0 Å². The van der Waals surface area contributed by atoms with Gasteiger partial charge in [0.05, 0.1) is 6.61 Å². The smallest absolute Gasteiger partial charge is 0.157 e. The molecule has 0 heterocycles. The Morgan fingerprint density at radius 2 is 2.12 bits per heavy atom. The van der Waals surface area contributed by atoms with Crippen molar-refractivity contribution in [1.29, 1.82) is 0 Å². The summed E-state index contributed by atoms with van der Waals surface area (Å²) in [6.45, 7) is -0.594. The van der Waals surface area contributed by atoms with Crippen LogP contribution in [0, 0.1) is 0 Å². The lowest BCUT2D eigenvalue weighted by molar-refractivity contribution is 0.0829. The molecule has 0 aliphatic rings. The van der Waals surface area contributed by atoms with Crippen LogP contribution >= 0.6 is 0 Å². The molecule has 0 radical (unpaired) electrons. The zero-order valence-corrected chi connectivity index (χ0v) is 4.15. The van der Waals surface area contributed by atoms with Crippen LogP contribution in [0.15, 0.2) is 12.0 Å². The van der Waals surface area contributed by atoms with Crippen molar-refractivity contribution in [3.05, 3.63) is 12.0 Å². The first-order chi connectivity index (χ1) is 3.72. The third kappa shape index (κ3) is 1.81. The third-order valence-electron chi connectivity index (χ3n) is 0.647. The van der Waals surface area contributed by atoms with Gasteiger partial charge in [0.15, 0.2) is 5.76 Å². The Bertz CT molecular complexity index is 88.0. The lowest BCUT2D eigenvalue weighted by Gasteiger charge is -2.01. The maximum Gasteiger partial charge on any atom is 0.157 e. The van der Waals surface area contributed by atoms with Crippen molar-refractivity contribution in [2.75, 3.05) is 6.61 Å². The summed E-state index contributed by atoms with van der Waals surface area (Å²) in [6.07, 6.45) is -1.03. The van der Waals surface area contributed by atoms with Crippen molar-refractivity contribution in [2.24, 2.45) is 0 Å². The highest BCUT2D eigenvalue weighted by Crippen LogP contribution is 1.92. The molecule has 0 aromatic rings. The van der Waals surface area contributed by atoms with E-state index in [1.807, 2.05) is 0 Å². The second-order valence-electron chi connectivity index (χ2n) is 1.25. The van der Waals surface area contributed by atoms with Crippen LogP contribution in [0.25, 0.3) is 0 Å². The number of hydrogen-bond donors (Lipinski definition) is 4. The molecule has 0 bridgehead atoms. The summed E-state index contributed by atoms with van der Waals surface area (Å²) in [4.78, 5) is 0. The summed E-state index contributed by atoms with van der Waals surface area (Å²) in [5, 5.41) is 32.8. The van der Waals surface area contributed by atoms with Gasteiger partial charge in [0, 0.05) is 0 Å². The normalized spacial score (nSPS) is 16.0. The minimum absolute atomic E-state index is 0.334. The molecule has 8 heavy (non-hydrogen) atoms. The number of rotatable bonds is 2. The molecule has 4 heteroatoms. The maximum absolute atomic E-state index is 8.40. The van der Waals surface area contributed by atoms with E-state index in [-0.39, 0.29) is 0 Å². The Morgan fingerprint density at radius 3 is 2.25 bits per heavy atom. The SMILES string of the molecule is OC=C(O)C(O)CO. The van der Waals surface area contributed by atoms with Crippen LogP contribution in [0.5, 0.6) is 0 Å². The van der Waals surface area contributed by atoms with Gasteiger partial charge in [-0.3, -0.25) is 0 Å². The van der Waals surface area contributed by atoms with E-state index in [9.17, 15) is 0 Å². The topological polar surface area (TPSA) is 80.9 Å². The first-order valence-electron chi connectivity index (χ1n) is 2.04. The highest BCUT2D eigenvalue weighted by molar-refractivity contribution is 4.91. The minimum Gasteiger partial charge on any atom is -0.512 e. The van der Waals surface area contributed by atoms with Crippen LogP contribution in [0.2, 0.25) is 0 Å². The van der Waals surface area contributed by atoms with E-state index in [1.54, 1.807) is 0 Å². The molecule has 0 saturated carbocycles. The van der Waals surface area contributed by atoms with Crippen molar-refractivity contribution >= 4 is 0 Å². The quantitative estimate of drug-likeness (QED) is 0.363. The van der Waals surface area contributed by atoms with Gasteiger partial charge in [-0.25, -0.2) is 0 Å². The molecule has 48 valence electrons. The van der Waals surface area contributed by atoms with Gasteiger partial charge in [0.2, 0.25) is 0 Å². The van der Waals surface area contributed by atoms with Gasteiger partial charge in [0.1, 0.15) is 12.4 Å². The Labute approximate surface area is 46.3 Å². The number of aliphatic hydroxyl groups is 4. The summed E-state index contributed by atoms with van der Waals surface area (Å²) in [5.41, 5.74) is 0. The fraction of sp³-hybridized carbons (Fsp3) is 0.500. The van der Waals surface area contributed by atoms with Gasteiger partial charge in [-0.15, -0.1) is 0 Å². The molecule has 0 spiro atoms. The monoisotopic (exact) mass is 120 g/mol. The lowest BCUT2D eigenvalue weighted by Crippen LogP contribution is -2.14. The molecule has 1 atom stereocenters. The van der Waals surface area contributed by atoms with Crippen LogP contribution in [-0.2, 0) is 0 Å². The van der Waals surface area contributed by atoms with Crippen molar-refractivity contribution in [3.63, 3.8) is 0 Å². The fourth-order valence-corrected chi connectivity index (χ4v) is 0.180. The Hall–Kier alpha value is -0.740. The number of aliphatic hydroxyl groups excluding tert-OH is 4. The van der Waals surface area contributed by atoms with Crippen LogP contribution in [0.1, 0.15) is 0 Å². The van der Waals surface area contributed by atoms with E-state index < -0.39 is 18.5 Å². The summed E-state index contributed by atoms with van der Waals surface area (Å²) >= 11 is 0. The Kier molecular flexibility index (Phi) is 2.98. The predicted molar refractivity (Wildman–Crippen MR) is 26.4 cm³/mol. The first-order valence-corrected chi connectivity index (χ1v) is 2.04. The maximum atomic E-state index is 8.40. The van der Waals surface area contributed by atoms with Crippen molar-refractivity contribution < 1.29 is 20.4 Å². The average molecular weight is 120 g/mol. The second kappa shape index (κ2) is 3.29. The molecule has 0 aromatic heterocycles. The van der Waals surface area contributed by atoms with Crippen molar-refractivity contribution in [1.82, 2.24) is 0 Å². The van der Waals surface area contributed by atoms with Gasteiger partial charge in [0.25, 0.3) is 0 Å². The van der Waals surface area contributed by atoms with Gasteiger partial charge < -0.3 is 20.4 Å². The Morgan fingerprint density at radius 1 is 1.62 bits per heavy atom. The second-order valence-corrected chi connectivity index (χ2v) is 1.25. The summed E-state index contributed by atoms with van der Waals surface area (Å²) in [5.74, 6) is -0.632. The molecule has 0 fully saturated rings. The highest BCUT2D eigenvalue weighted by Gasteiger charge is 2.05. The van der Waals surface area contributed by atoms with Crippen LogP contribution < -0.4 is 0 Å². The average Bonchev–Trinajstić information content (AvgIpc) is 1.84. The van der Waals surface area contributed by atoms with Crippen LogP contribution in [0.3, 0.4) is 0 Å². The van der Waals surface area contributed by atoms with E-state index in [0.29, 0.717) is 6.26 Å². The standard InChI is InChI=1S/C4H8O4/c5-1-3(7)4(8)2-6/h1,4-8H,2H2. The summed E-state index contributed by atoms with van der Waals surface area (Å²) in [7, 11) is 0. The fourth-order valence-electron chi connectivity index (χ4n) is 0.180. The molecule has 0 rings (SSSR count). The first kappa shape index (κ1) is 7.26. The van der Waals surface area contributed by atoms with Gasteiger partial charge in [-0.2, -0.15) is 0 Å². The molecule has 1 unspecified atom stereocenters.